The SMILES string of the molecule is COc1cc(Br)cc(CNCCCSc2nnnn2-c2ccccc2)c1OCc1ccccc1. The van der Waals surface area contributed by atoms with Gasteiger partial charge in [-0.25, -0.2) is 0 Å². The average molecular weight is 540 g/mol. The summed E-state index contributed by atoms with van der Waals surface area (Å²) in [6.07, 6.45) is 0.970. The maximum atomic E-state index is 6.17. The summed E-state index contributed by atoms with van der Waals surface area (Å²) in [5, 5.41) is 16.4. The Morgan fingerprint density at radius 1 is 1.03 bits per heavy atom. The molecule has 7 nitrogen and oxygen atoms in total. The van der Waals surface area contributed by atoms with E-state index in [9.17, 15) is 0 Å². The molecule has 0 unspecified atom stereocenters. The highest BCUT2D eigenvalue weighted by atomic mass is 79.9. The Bertz CT molecular complexity index is 1170. The highest BCUT2D eigenvalue weighted by Crippen LogP contribution is 2.35. The third-order valence-electron chi connectivity index (χ3n) is 5.03. The lowest BCUT2D eigenvalue weighted by molar-refractivity contribution is 0.280. The van der Waals surface area contributed by atoms with E-state index in [-0.39, 0.29) is 0 Å². The van der Waals surface area contributed by atoms with Gasteiger partial charge in [-0.2, -0.15) is 4.68 Å². The Morgan fingerprint density at radius 2 is 1.79 bits per heavy atom. The Kier molecular flexibility index (Phi) is 8.95. The second kappa shape index (κ2) is 12.5. The fourth-order valence-corrected chi connectivity index (χ4v) is 4.70. The molecule has 0 bridgehead atoms. The first kappa shape index (κ1) is 24.3. The number of rotatable bonds is 12. The monoisotopic (exact) mass is 539 g/mol. The summed E-state index contributed by atoms with van der Waals surface area (Å²) in [6, 6.07) is 24.0. The van der Waals surface area contributed by atoms with Crippen LogP contribution in [0.5, 0.6) is 11.5 Å². The summed E-state index contributed by atoms with van der Waals surface area (Å²) >= 11 is 5.22. The van der Waals surface area contributed by atoms with Crippen molar-refractivity contribution in [2.75, 3.05) is 19.4 Å². The topological polar surface area (TPSA) is 74.1 Å². The zero-order chi connectivity index (χ0) is 23.6. The van der Waals surface area contributed by atoms with E-state index in [1.807, 2.05) is 54.6 Å². The van der Waals surface area contributed by atoms with Gasteiger partial charge in [-0.3, -0.25) is 0 Å². The first-order chi connectivity index (χ1) is 16.7. The molecule has 1 N–H and O–H groups in total. The smallest absolute Gasteiger partial charge is 0.214 e. The van der Waals surface area contributed by atoms with Gasteiger partial charge >= 0.3 is 0 Å². The fourth-order valence-electron chi connectivity index (χ4n) is 3.38. The summed E-state index contributed by atoms with van der Waals surface area (Å²) in [6.45, 7) is 2.01. The van der Waals surface area contributed by atoms with Crippen LogP contribution >= 0.6 is 27.7 Å². The molecule has 0 aliphatic carbocycles. The van der Waals surface area contributed by atoms with Crippen molar-refractivity contribution in [1.82, 2.24) is 25.5 Å². The summed E-state index contributed by atoms with van der Waals surface area (Å²) in [5.74, 6) is 2.38. The van der Waals surface area contributed by atoms with Crippen LogP contribution in [0.1, 0.15) is 17.5 Å². The maximum Gasteiger partial charge on any atom is 0.214 e. The van der Waals surface area contributed by atoms with E-state index in [4.69, 9.17) is 9.47 Å². The van der Waals surface area contributed by atoms with Gasteiger partial charge in [0, 0.05) is 22.3 Å². The third kappa shape index (κ3) is 6.59. The van der Waals surface area contributed by atoms with Gasteiger partial charge < -0.3 is 14.8 Å². The van der Waals surface area contributed by atoms with E-state index < -0.39 is 0 Å². The van der Waals surface area contributed by atoms with E-state index in [0.717, 1.165) is 50.9 Å². The molecule has 3 aromatic carbocycles. The van der Waals surface area contributed by atoms with E-state index in [0.29, 0.717) is 18.9 Å². The Labute approximate surface area is 212 Å². The summed E-state index contributed by atoms with van der Waals surface area (Å²) in [4.78, 5) is 0. The number of thioether (sulfide) groups is 1. The molecular formula is C25H26BrN5O2S. The lowest BCUT2D eigenvalue weighted by atomic mass is 10.1. The van der Waals surface area contributed by atoms with Gasteiger partial charge in [0.1, 0.15) is 6.61 Å². The first-order valence-electron chi connectivity index (χ1n) is 10.9. The number of benzene rings is 3. The van der Waals surface area contributed by atoms with Gasteiger partial charge in [-0.05, 0) is 53.2 Å². The number of methoxy groups -OCH3 is 1. The highest BCUT2D eigenvalue weighted by Gasteiger charge is 2.13. The van der Waals surface area contributed by atoms with E-state index in [1.165, 1.54) is 0 Å². The fraction of sp³-hybridized carbons (Fsp3) is 0.240. The van der Waals surface area contributed by atoms with Crippen molar-refractivity contribution in [1.29, 1.82) is 0 Å². The van der Waals surface area contributed by atoms with Crippen LogP contribution in [0.25, 0.3) is 5.69 Å². The predicted octanol–water partition coefficient (Wildman–Crippen LogP) is 5.28. The number of nitrogens with zero attached hydrogens (tertiary/aromatic N) is 4. The average Bonchev–Trinajstić information content (AvgIpc) is 3.35. The Morgan fingerprint density at radius 3 is 2.56 bits per heavy atom. The molecule has 0 aliphatic heterocycles. The van der Waals surface area contributed by atoms with Crippen molar-refractivity contribution in [3.8, 4) is 17.2 Å². The molecule has 0 atom stereocenters. The van der Waals surface area contributed by atoms with Crippen molar-refractivity contribution in [3.63, 3.8) is 0 Å². The van der Waals surface area contributed by atoms with E-state index in [1.54, 1.807) is 23.6 Å². The van der Waals surface area contributed by atoms with Crippen molar-refractivity contribution < 1.29 is 9.47 Å². The number of para-hydroxylation sites is 1. The molecule has 0 aliphatic rings. The third-order valence-corrected chi connectivity index (χ3v) is 6.49. The molecule has 0 saturated heterocycles. The van der Waals surface area contributed by atoms with Crippen molar-refractivity contribution >= 4 is 27.7 Å². The predicted molar refractivity (Wildman–Crippen MR) is 138 cm³/mol. The number of hydrogen-bond donors (Lipinski definition) is 1. The van der Waals surface area contributed by atoms with Crippen molar-refractivity contribution in [2.24, 2.45) is 0 Å². The molecule has 34 heavy (non-hydrogen) atoms. The molecule has 0 spiro atoms. The minimum absolute atomic E-state index is 0.485. The van der Waals surface area contributed by atoms with Crippen LogP contribution in [0, 0.1) is 0 Å². The molecule has 1 aromatic heterocycles. The minimum Gasteiger partial charge on any atom is -0.493 e. The van der Waals surface area contributed by atoms with E-state index in [2.05, 4.69) is 55.0 Å². The number of hydrogen-bond acceptors (Lipinski definition) is 7. The summed E-state index contributed by atoms with van der Waals surface area (Å²) in [7, 11) is 1.66. The molecule has 0 fully saturated rings. The number of nitrogens with one attached hydrogen (secondary N) is 1. The molecule has 0 radical (unpaired) electrons. The van der Waals surface area contributed by atoms with Crippen LogP contribution in [0.3, 0.4) is 0 Å². The second-order valence-electron chi connectivity index (χ2n) is 7.46. The Balaban J connectivity index is 1.29. The zero-order valence-corrected chi connectivity index (χ0v) is 21.3. The lowest BCUT2D eigenvalue weighted by Gasteiger charge is -2.16. The molecule has 4 aromatic rings. The van der Waals surface area contributed by atoms with Gasteiger partial charge in [-0.15, -0.1) is 5.10 Å². The molecule has 1 heterocycles. The lowest BCUT2D eigenvalue weighted by Crippen LogP contribution is -2.16. The normalized spacial score (nSPS) is 10.9. The van der Waals surface area contributed by atoms with Gasteiger partial charge in [0.2, 0.25) is 5.16 Å². The highest BCUT2D eigenvalue weighted by molar-refractivity contribution is 9.10. The second-order valence-corrected chi connectivity index (χ2v) is 9.44. The molecule has 4 rings (SSSR count). The molecule has 176 valence electrons. The van der Waals surface area contributed by atoms with Crippen LogP contribution in [0.15, 0.2) is 82.4 Å². The number of halogens is 1. The minimum atomic E-state index is 0.485. The van der Waals surface area contributed by atoms with Crippen LogP contribution < -0.4 is 14.8 Å². The molecule has 9 heteroatoms. The number of tetrazole rings is 1. The summed E-state index contributed by atoms with van der Waals surface area (Å²) < 4.78 is 14.5. The van der Waals surface area contributed by atoms with Gasteiger partial charge in [-0.1, -0.05) is 76.2 Å². The number of aromatic nitrogens is 4. The van der Waals surface area contributed by atoms with Crippen LogP contribution in [0.4, 0.5) is 0 Å². The van der Waals surface area contributed by atoms with Gasteiger partial charge in [0.25, 0.3) is 0 Å². The zero-order valence-electron chi connectivity index (χ0n) is 18.9. The quantitative estimate of drug-likeness (QED) is 0.194. The summed E-state index contributed by atoms with van der Waals surface area (Å²) in [5.41, 5.74) is 3.11. The standard InChI is InChI=1S/C25H26BrN5O2S/c1-32-23-16-21(26)15-20(24(23)33-18-19-9-4-2-5-10-19)17-27-13-8-14-34-25-28-29-30-31(25)22-11-6-3-7-12-22/h2-7,9-12,15-16,27H,8,13-14,17-18H2,1H3. The first-order valence-corrected chi connectivity index (χ1v) is 12.7. The largest absolute Gasteiger partial charge is 0.493 e. The maximum absolute atomic E-state index is 6.17. The van der Waals surface area contributed by atoms with Crippen molar-refractivity contribution in [2.45, 2.75) is 24.7 Å². The molecule has 0 saturated carbocycles. The van der Waals surface area contributed by atoms with Gasteiger partial charge in [0.15, 0.2) is 11.5 Å². The van der Waals surface area contributed by atoms with E-state index >= 15 is 0 Å². The van der Waals surface area contributed by atoms with Crippen molar-refractivity contribution in [3.05, 3.63) is 88.4 Å². The van der Waals surface area contributed by atoms with Crippen LogP contribution in [0.2, 0.25) is 0 Å². The van der Waals surface area contributed by atoms with Crippen LogP contribution in [-0.2, 0) is 13.2 Å². The van der Waals surface area contributed by atoms with Gasteiger partial charge in [0.05, 0.1) is 12.8 Å². The Hall–Kier alpha value is -2.88. The molecular weight excluding hydrogens is 514 g/mol. The number of ether oxygens (including phenoxy) is 2. The van der Waals surface area contributed by atoms with Crippen LogP contribution in [-0.4, -0.2) is 39.6 Å². The molecule has 0 amide bonds.